The highest BCUT2D eigenvalue weighted by Crippen LogP contribution is 2.26. The summed E-state index contributed by atoms with van der Waals surface area (Å²) in [6, 6.07) is 18.0. The van der Waals surface area contributed by atoms with Crippen LogP contribution < -0.4 is 10.6 Å². The molecule has 2 aromatic carbocycles. The molecule has 3 aromatic rings. The maximum absolute atomic E-state index is 12.2. The first-order chi connectivity index (χ1) is 13.3. The Kier molecular flexibility index (Phi) is 5.41. The number of hydrogen-bond acceptors (Lipinski definition) is 5. The van der Waals surface area contributed by atoms with Crippen LogP contribution in [0.25, 0.3) is 0 Å². The predicted octanol–water partition coefficient (Wildman–Crippen LogP) is 3.56. The van der Waals surface area contributed by atoms with Crippen LogP contribution in [-0.2, 0) is 17.6 Å². The van der Waals surface area contributed by atoms with Gasteiger partial charge in [-0.05, 0) is 23.1 Å². The number of ether oxygens (including phenoxy) is 1. The molecule has 0 radical (unpaired) electrons. The van der Waals surface area contributed by atoms with E-state index in [9.17, 15) is 4.79 Å². The molecule has 7 heteroatoms. The Bertz CT molecular complexity index is 913. The second-order valence-electron chi connectivity index (χ2n) is 6.31. The molecule has 1 aliphatic heterocycles. The molecular weight excluding hydrogens is 360 g/mol. The largest absolute Gasteiger partial charge is 0.371 e. The number of carbonyl (C=O) groups is 1. The van der Waals surface area contributed by atoms with Gasteiger partial charge in [0.05, 0.1) is 6.61 Å². The predicted molar refractivity (Wildman–Crippen MR) is 105 cm³/mol. The minimum atomic E-state index is -0.302. The molecule has 138 valence electrons. The molecule has 1 aliphatic rings. The maximum atomic E-state index is 12.2. The number of nitrogens with zero attached hydrogens (tertiary/aromatic N) is 2. The van der Waals surface area contributed by atoms with E-state index in [4.69, 9.17) is 4.74 Å². The number of hydrogen-bond donors (Lipinski definition) is 2. The number of carbonyl (C=O) groups excluding carboxylic acids is 1. The van der Waals surface area contributed by atoms with E-state index >= 15 is 0 Å². The Morgan fingerprint density at radius 3 is 2.81 bits per heavy atom. The van der Waals surface area contributed by atoms with E-state index in [1.54, 1.807) is 0 Å². The zero-order valence-electron chi connectivity index (χ0n) is 14.7. The second kappa shape index (κ2) is 8.28. The van der Waals surface area contributed by atoms with Crippen LogP contribution in [0.1, 0.15) is 27.8 Å². The van der Waals surface area contributed by atoms with Crippen LogP contribution in [0.5, 0.6) is 0 Å². The van der Waals surface area contributed by atoms with Crippen LogP contribution in [0.3, 0.4) is 0 Å². The fourth-order valence-corrected chi connectivity index (χ4v) is 3.89. The SMILES string of the molecule is O=C(NC[C@@H]1OCCc2ccccc21)Nc1nnc(Cc2ccccc2)s1. The van der Waals surface area contributed by atoms with Gasteiger partial charge in [0.25, 0.3) is 0 Å². The first-order valence-electron chi connectivity index (χ1n) is 8.88. The van der Waals surface area contributed by atoms with Gasteiger partial charge in [0, 0.05) is 13.0 Å². The zero-order chi connectivity index (χ0) is 18.5. The van der Waals surface area contributed by atoms with Gasteiger partial charge in [-0.25, -0.2) is 4.79 Å². The van der Waals surface area contributed by atoms with Gasteiger partial charge in [0.2, 0.25) is 5.13 Å². The molecule has 0 unspecified atom stereocenters. The van der Waals surface area contributed by atoms with Crippen molar-refractivity contribution in [1.29, 1.82) is 0 Å². The van der Waals surface area contributed by atoms with Crippen molar-refractivity contribution in [2.24, 2.45) is 0 Å². The van der Waals surface area contributed by atoms with Crippen molar-refractivity contribution in [3.05, 3.63) is 76.3 Å². The van der Waals surface area contributed by atoms with E-state index < -0.39 is 0 Å². The number of fused-ring (bicyclic) bond motifs is 1. The van der Waals surface area contributed by atoms with Gasteiger partial charge >= 0.3 is 6.03 Å². The standard InChI is InChI=1S/C20H20N4O2S/c25-19(21-13-17-16-9-5-4-8-15(16)10-11-26-17)22-20-24-23-18(27-20)12-14-6-2-1-3-7-14/h1-9,17H,10-13H2,(H2,21,22,24,25)/t17-/m0/s1. The minimum Gasteiger partial charge on any atom is -0.371 e. The molecule has 4 rings (SSSR count). The lowest BCUT2D eigenvalue weighted by molar-refractivity contribution is 0.0444. The smallest absolute Gasteiger partial charge is 0.321 e. The van der Waals surface area contributed by atoms with Gasteiger partial charge in [-0.3, -0.25) is 5.32 Å². The van der Waals surface area contributed by atoms with E-state index in [1.807, 2.05) is 42.5 Å². The van der Waals surface area contributed by atoms with Crippen LogP contribution >= 0.6 is 11.3 Å². The monoisotopic (exact) mass is 380 g/mol. The fraction of sp³-hybridized carbons (Fsp3) is 0.250. The van der Waals surface area contributed by atoms with Crippen LogP contribution in [0.4, 0.5) is 9.93 Å². The topological polar surface area (TPSA) is 76.1 Å². The fourth-order valence-electron chi connectivity index (χ4n) is 3.12. The summed E-state index contributed by atoms with van der Waals surface area (Å²) in [5.74, 6) is 0. The first kappa shape index (κ1) is 17.6. The number of anilines is 1. The lowest BCUT2D eigenvalue weighted by Gasteiger charge is -2.26. The molecule has 0 saturated heterocycles. The summed E-state index contributed by atoms with van der Waals surface area (Å²) in [6.07, 6.45) is 1.49. The molecule has 2 amide bonds. The van der Waals surface area contributed by atoms with E-state index in [-0.39, 0.29) is 12.1 Å². The van der Waals surface area contributed by atoms with Gasteiger partial charge in [-0.15, -0.1) is 10.2 Å². The molecule has 27 heavy (non-hydrogen) atoms. The highest BCUT2D eigenvalue weighted by Gasteiger charge is 2.21. The van der Waals surface area contributed by atoms with Crippen LogP contribution in [-0.4, -0.2) is 29.4 Å². The molecule has 1 atom stereocenters. The molecule has 2 heterocycles. The Balaban J connectivity index is 1.30. The summed E-state index contributed by atoms with van der Waals surface area (Å²) in [5, 5.41) is 15.2. The van der Waals surface area contributed by atoms with Crippen molar-refractivity contribution in [1.82, 2.24) is 15.5 Å². The lowest BCUT2D eigenvalue weighted by Crippen LogP contribution is -2.34. The van der Waals surface area contributed by atoms with Crippen molar-refractivity contribution in [3.8, 4) is 0 Å². The molecule has 0 saturated carbocycles. The van der Waals surface area contributed by atoms with E-state index in [0.717, 1.165) is 22.6 Å². The van der Waals surface area contributed by atoms with Gasteiger partial charge in [-0.2, -0.15) is 0 Å². The summed E-state index contributed by atoms with van der Waals surface area (Å²) >= 11 is 1.38. The maximum Gasteiger partial charge on any atom is 0.321 e. The summed E-state index contributed by atoms with van der Waals surface area (Å²) in [4.78, 5) is 12.2. The van der Waals surface area contributed by atoms with E-state index in [2.05, 4.69) is 33.0 Å². The van der Waals surface area contributed by atoms with Gasteiger partial charge < -0.3 is 10.1 Å². The minimum absolute atomic E-state index is 0.122. The van der Waals surface area contributed by atoms with Gasteiger partial charge in [-0.1, -0.05) is 65.9 Å². The first-order valence-corrected chi connectivity index (χ1v) is 9.70. The number of urea groups is 1. The van der Waals surface area contributed by atoms with Crippen LogP contribution in [0, 0.1) is 0 Å². The van der Waals surface area contributed by atoms with E-state index in [1.165, 1.54) is 16.9 Å². The third-order valence-electron chi connectivity index (χ3n) is 4.43. The third-order valence-corrected chi connectivity index (χ3v) is 5.26. The Labute approximate surface area is 161 Å². The Morgan fingerprint density at radius 1 is 1.11 bits per heavy atom. The molecule has 6 nitrogen and oxygen atoms in total. The third kappa shape index (κ3) is 4.50. The Morgan fingerprint density at radius 2 is 1.93 bits per heavy atom. The lowest BCUT2D eigenvalue weighted by atomic mass is 9.98. The molecule has 1 aromatic heterocycles. The number of rotatable bonds is 5. The zero-order valence-corrected chi connectivity index (χ0v) is 15.5. The summed E-state index contributed by atoms with van der Waals surface area (Å²) in [5.41, 5.74) is 3.59. The highest BCUT2D eigenvalue weighted by molar-refractivity contribution is 7.15. The molecular formula is C20H20N4O2S. The number of benzene rings is 2. The normalized spacial score (nSPS) is 15.8. The average molecular weight is 380 g/mol. The molecule has 0 fully saturated rings. The molecule has 2 N–H and O–H groups in total. The van der Waals surface area contributed by atoms with E-state index in [0.29, 0.717) is 24.7 Å². The van der Waals surface area contributed by atoms with Crippen molar-refractivity contribution >= 4 is 22.5 Å². The average Bonchev–Trinajstić information content (AvgIpc) is 3.13. The van der Waals surface area contributed by atoms with Gasteiger partial charge in [0.1, 0.15) is 11.1 Å². The number of aromatic nitrogens is 2. The Hall–Kier alpha value is -2.77. The van der Waals surface area contributed by atoms with Crippen molar-refractivity contribution in [3.63, 3.8) is 0 Å². The van der Waals surface area contributed by atoms with Crippen molar-refractivity contribution < 1.29 is 9.53 Å². The quantitative estimate of drug-likeness (QED) is 0.710. The summed E-state index contributed by atoms with van der Waals surface area (Å²) in [7, 11) is 0. The van der Waals surface area contributed by atoms with Gasteiger partial charge in [0.15, 0.2) is 0 Å². The van der Waals surface area contributed by atoms with Crippen LogP contribution in [0.15, 0.2) is 54.6 Å². The molecule has 0 bridgehead atoms. The highest BCUT2D eigenvalue weighted by atomic mass is 32.1. The number of amides is 2. The second-order valence-corrected chi connectivity index (χ2v) is 7.37. The summed E-state index contributed by atoms with van der Waals surface area (Å²) in [6.45, 7) is 1.09. The van der Waals surface area contributed by atoms with Crippen LogP contribution in [0.2, 0.25) is 0 Å². The van der Waals surface area contributed by atoms with Crippen molar-refractivity contribution in [2.45, 2.75) is 18.9 Å². The number of nitrogens with one attached hydrogen (secondary N) is 2. The summed E-state index contributed by atoms with van der Waals surface area (Å²) < 4.78 is 5.81. The van der Waals surface area contributed by atoms with Crippen molar-refractivity contribution in [2.75, 3.05) is 18.5 Å². The molecule has 0 spiro atoms. The molecule has 0 aliphatic carbocycles.